The van der Waals surface area contributed by atoms with Crippen molar-refractivity contribution >= 4 is 28.4 Å². The van der Waals surface area contributed by atoms with Gasteiger partial charge in [-0.15, -0.1) is 0 Å². The number of carbonyl (C=O) groups excluding carboxylic acids is 1. The van der Waals surface area contributed by atoms with Crippen molar-refractivity contribution in [2.75, 3.05) is 52.0 Å². The van der Waals surface area contributed by atoms with Crippen LogP contribution in [0.15, 0.2) is 53.6 Å². The molecule has 0 radical (unpaired) electrons. The van der Waals surface area contributed by atoms with Crippen molar-refractivity contribution in [2.24, 2.45) is 0 Å². The number of morpholine rings is 1. The molecule has 1 fully saturated rings. The second-order valence-electron chi connectivity index (χ2n) is 10.2. The summed E-state index contributed by atoms with van der Waals surface area (Å²) in [6.07, 6.45) is 0.680. The highest BCUT2D eigenvalue weighted by atomic mass is 19.2. The van der Waals surface area contributed by atoms with Crippen molar-refractivity contribution in [2.45, 2.75) is 25.5 Å². The van der Waals surface area contributed by atoms with Crippen LogP contribution in [0.2, 0.25) is 0 Å². The van der Waals surface area contributed by atoms with Crippen LogP contribution in [0.4, 0.5) is 33.7 Å². The zero-order chi connectivity index (χ0) is 29.5. The molecule has 3 aliphatic rings. The minimum Gasteiger partial charge on any atom is -0.498 e. The molecule has 1 atom stereocenters. The zero-order valence-electron chi connectivity index (χ0n) is 23.1. The first-order valence-corrected chi connectivity index (χ1v) is 13.5. The SMILES string of the molecule is COC1=C(F)C(N2Cc3cnc4[nH]c(CCN5CCOCC5)cc4c3N(c3cccc(F)c3F)C2=O)=C(F)C(OC)C1. The highest BCUT2D eigenvalue weighted by Crippen LogP contribution is 2.45. The maximum atomic E-state index is 15.6. The number of hydrogen-bond acceptors (Lipinski definition) is 6. The molecule has 9 nitrogen and oxygen atoms in total. The van der Waals surface area contributed by atoms with Gasteiger partial charge in [0.05, 0.1) is 38.2 Å². The van der Waals surface area contributed by atoms with Crippen LogP contribution in [0.25, 0.3) is 11.0 Å². The molecule has 1 saturated heterocycles. The summed E-state index contributed by atoms with van der Waals surface area (Å²) in [7, 11) is 2.48. The minimum atomic E-state index is -1.28. The van der Waals surface area contributed by atoms with Gasteiger partial charge in [-0.3, -0.25) is 14.7 Å². The van der Waals surface area contributed by atoms with Gasteiger partial charge in [-0.25, -0.2) is 27.3 Å². The van der Waals surface area contributed by atoms with Crippen molar-refractivity contribution in [3.8, 4) is 0 Å². The third-order valence-electron chi connectivity index (χ3n) is 7.84. The number of amides is 2. The van der Waals surface area contributed by atoms with Gasteiger partial charge in [0, 0.05) is 62.4 Å². The second-order valence-corrected chi connectivity index (χ2v) is 10.2. The molecule has 1 aromatic carbocycles. The van der Waals surface area contributed by atoms with Gasteiger partial charge in [0.2, 0.25) is 0 Å². The molecule has 0 bridgehead atoms. The normalized spacial score (nSPS) is 20.1. The molecule has 1 aliphatic carbocycles. The Balaban J connectivity index is 1.48. The summed E-state index contributed by atoms with van der Waals surface area (Å²) >= 11 is 0. The predicted molar refractivity (Wildman–Crippen MR) is 145 cm³/mol. The number of benzene rings is 1. The molecule has 13 heteroatoms. The highest BCUT2D eigenvalue weighted by Gasteiger charge is 2.43. The number of carbonyl (C=O) groups is 1. The van der Waals surface area contributed by atoms with E-state index in [4.69, 9.17) is 14.2 Å². The molecular weight excluding hydrogens is 558 g/mol. The van der Waals surface area contributed by atoms with Gasteiger partial charge in [-0.1, -0.05) is 6.07 Å². The van der Waals surface area contributed by atoms with Crippen LogP contribution in [-0.2, 0) is 27.2 Å². The van der Waals surface area contributed by atoms with Crippen molar-refractivity contribution in [3.05, 3.63) is 76.5 Å². The number of hydrogen-bond donors (Lipinski definition) is 1. The summed E-state index contributed by atoms with van der Waals surface area (Å²) in [6, 6.07) is 4.25. The Bertz CT molecular complexity index is 1600. The summed E-state index contributed by atoms with van der Waals surface area (Å²) in [6.45, 7) is 3.43. The van der Waals surface area contributed by atoms with E-state index < -0.39 is 46.8 Å². The fourth-order valence-electron chi connectivity index (χ4n) is 5.64. The van der Waals surface area contributed by atoms with Crippen molar-refractivity contribution < 1.29 is 36.6 Å². The lowest BCUT2D eigenvalue weighted by Crippen LogP contribution is -2.46. The zero-order valence-corrected chi connectivity index (χ0v) is 23.1. The van der Waals surface area contributed by atoms with Crippen LogP contribution in [-0.4, -0.2) is 79.0 Å². The van der Waals surface area contributed by atoms with Gasteiger partial charge < -0.3 is 19.2 Å². The molecule has 222 valence electrons. The quantitative estimate of drug-likeness (QED) is 0.382. The van der Waals surface area contributed by atoms with Gasteiger partial charge in [0.1, 0.15) is 23.2 Å². The van der Waals surface area contributed by atoms with Crippen molar-refractivity contribution in [3.63, 3.8) is 0 Å². The van der Waals surface area contributed by atoms with Crippen molar-refractivity contribution in [1.29, 1.82) is 0 Å². The van der Waals surface area contributed by atoms with Crippen LogP contribution in [0.5, 0.6) is 0 Å². The molecule has 2 aromatic heterocycles. The molecule has 1 unspecified atom stereocenters. The maximum absolute atomic E-state index is 15.6. The molecule has 6 rings (SSSR count). The number of methoxy groups -OCH3 is 2. The third-order valence-corrected chi connectivity index (χ3v) is 7.84. The predicted octanol–water partition coefficient (Wildman–Crippen LogP) is 5.22. The number of ether oxygens (including phenoxy) is 3. The number of halogens is 4. The molecule has 42 heavy (non-hydrogen) atoms. The molecular formula is C29H29F4N5O4. The van der Waals surface area contributed by atoms with Crippen LogP contribution < -0.4 is 4.90 Å². The molecule has 1 N–H and O–H groups in total. The molecule has 4 heterocycles. The summed E-state index contributed by atoms with van der Waals surface area (Å²) < 4.78 is 76.7. The van der Waals surface area contributed by atoms with Crippen LogP contribution >= 0.6 is 0 Å². The first kappa shape index (κ1) is 28.2. The lowest BCUT2D eigenvalue weighted by Gasteiger charge is -2.39. The van der Waals surface area contributed by atoms with Crippen LogP contribution in [0.1, 0.15) is 17.7 Å². The monoisotopic (exact) mass is 587 g/mol. The van der Waals surface area contributed by atoms with Gasteiger partial charge in [0.25, 0.3) is 0 Å². The summed E-state index contributed by atoms with van der Waals surface area (Å²) in [5.41, 5.74) is 0.777. The Hall–Kier alpha value is -3.94. The fourth-order valence-corrected chi connectivity index (χ4v) is 5.64. The van der Waals surface area contributed by atoms with E-state index in [0.717, 1.165) is 41.2 Å². The largest absolute Gasteiger partial charge is 0.498 e. The molecule has 3 aromatic rings. The Morgan fingerprint density at radius 2 is 1.93 bits per heavy atom. The van der Waals surface area contributed by atoms with E-state index in [9.17, 15) is 9.18 Å². The Morgan fingerprint density at radius 1 is 1.14 bits per heavy atom. The van der Waals surface area contributed by atoms with E-state index in [2.05, 4.69) is 14.9 Å². The van der Waals surface area contributed by atoms with E-state index in [1.54, 1.807) is 0 Å². The van der Waals surface area contributed by atoms with E-state index >= 15 is 13.2 Å². The number of H-pyrrole nitrogens is 1. The number of rotatable bonds is 7. The van der Waals surface area contributed by atoms with E-state index in [1.807, 2.05) is 6.07 Å². The van der Waals surface area contributed by atoms with Gasteiger partial charge >= 0.3 is 6.03 Å². The highest BCUT2D eigenvalue weighted by molar-refractivity contribution is 6.10. The average Bonchev–Trinajstić information content (AvgIpc) is 3.42. The number of urea groups is 1. The van der Waals surface area contributed by atoms with Gasteiger partial charge in [-0.05, 0) is 18.2 Å². The first-order chi connectivity index (χ1) is 20.3. The topological polar surface area (TPSA) is 83.2 Å². The number of allylic oxidation sites excluding steroid dienone is 1. The van der Waals surface area contributed by atoms with Crippen LogP contribution in [0, 0.1) is 11.6 Å². The third kappa shape index (κ3) is 4.80. The lowest BCUT2D eigenvalue weighted by molar-refractivity contribution is 0.0383. The van der Waals surface area contributed by atoms with E-state index in [0.29, 0.717) is 36.2 Å². The lowest BCUT2D eigenvalue weighted by atomic mass is 10.0. The number of nitrogens with zero attached hydrogens (tertiary/aromatic N) is 4. The number of aromatic amines is 1. The van der Waals surface area contributed by atoms with Gasteiger partial charge in [-0.2, -0.15) is 0 Å². The van der Waals surface area contributed by atoms with Gasteiger partial charge in [0.15, 0.2) is 23.3 Å². The summed E-state index contributed by atoms with van der Waals surface area (Å²) in [4.78, 5) is 26.0. The molecule has 0 spiro atoms. The molecule has 2 aliphatic heterocycles. The summed E-state index contributed by atoms with van der Waals surface area (Å²) in [5, 5.41) is 0.489. The Kier molecular flexibility index (Phi) is 7.64. The Morgan fingerprint density at radius 3 is 2.67 bits per heavy atom. The second kappa shape index (κ2) is 11.4. The first-order valence-electron chi connectivity index (χ1n) is 13.5. The minimum absolute atomic E-state index is 0.204. The molecule has 2 amide bonds. The fraction of sp³-hybridized carbons (Fsp3) is 0.379. The number of fused-ring (bicyclic) bond motifs is 3. The maximum Gasteiger partial charge on any atom is 0.334 e. The number of anilines is 2. The molecule has 0 saturated carbocycles. The number of pyridine rings is 1. The standard InChI is InChI=1S/C29H29F4N5O4/c1-40-21-13-22(41-2)25(33)27(24(21)32)37-15-16-14-34-28-18(12-17(35-28)6-7-36-8-10-42-11-9-36)26(16)38(29(37)39)20-5-3-4-19(30)23(20)31/h3-5,12,14,21H,6-11,13,15H2,1-2H3,(H,34,35). The number of aromatic nitrogens is 2. The van der Waals surface area contributed by atoms with E-state index in [1.165, 1.54) is 32.5 Å². The average molecular weight is 588 g/mol. The summed E-state index contributed by atoms with van der Waals surface area (Å²) in [5.74, 6) is -4.77. The van der Waals surface area contributed by atoms with Crippen molar-refractivity contribution in [1.82, 2.24) is 19.8 Å². The Labute approximate surface area is 238 Å². The van der Waals surface area contributed by atoms with E-state index in [-0.39, 0.29) is 24.4 Å². The smallest absolute Gasteiger partial charge is 0.334 e. The van der Waals surface area contributed by atoms with Crippen LogP contribution in [0.3, 0.4) is 0 Å². The number of nitrogens with one attached hydrogen (secondary N) is 1.